The first-order valence-electron chi connectivity index (χ1n) is 7.62. The maximum Gasteiger partial charge on any atom is 0.350 e. The summed E-state index contributed by atoms with van der Waals surface area (Å²) in [7, 11) is 0. The Bertz CT molecular complexity index is 1070. The van der Waals surface area contributed by atoms with Crippen molar-refractivity contribution in [1.29, 1.82) is 0 Å². The molecule has 2 aromatic heterocycles. The first kappa shape index (κ1) is 15.1. The molecule has 25 heavy (non-hydrogen) atoms. The van der Waals surface area contributed by atoms with Gasteiger partial charge < -0.3 is 4.74 Å². The Morgan fingerprint density at radius 3 is 2.56 bits per heavy atom. The maximum atomic E-state index is 13.0. The van der Waals surface area contributed by atoms with Crippen molar-refractivity contribution in [3.8, 4) is 11.6 Å². The van der Waals surface area contributed by atoms with E-state index < -0.39 is 0 Å². The van der Waals surface area contributed by atoms with Gasteiger partial charge in [-0.2, -0.15) is 0 Å². The first-order valence-corrected chi connectivity index (χ1v) is 7.62. The number of halogens is 1. The van der Waals surface area contributed by atoms with Crippen LogP contribution in [0.25, 0.3) is 5.65 Å². The lowest BCUT2D eigenvalue weighted by Crippen LogP contribution is -2.21. The molecule has 0 radical (unpaired) electrons. The van der Waals surface area contributed by atoms with Gasteiger partial charge in [-0.3, -0.25) is 0 Å². The molecule has 0 spiro atoms. The molecule has 0 aliphatic rings. The molecule has 4 aromatic rings. The van der Waals surface area contributed by atoms with E-state index in [-0.39, 0.29) is 17.4 Å². The molecule has 0 atom stereocenters. The highest BCUT2D eigenvalue weighted by molar-refractivity contribution is 5.49. The lowest BCUT2D eigenvalue weighted by Gasteiger charge is -2.04. The van der Waals surface area contributed by atoms with Gasteiger partial charge in [-0.15, -0.1) is 5.10 Å². The number of hydrogen-bond donors (Lipinski definition) is 0. The molecule has 0 fully saturated rings. The molecule has 0 saturated carbocycles. The zero-order valence-corrected chi connectivity index (χ0v) is 13.0. The number of hydrogen-bond acceptors (Lipinski definition) is 4. The summed E-state index contributed by atoms with van der Waals surface area (Å²) < 4.78 is 21.4. The fraction of sp³-hybridized carbons (Fsp3) is 0.0556. The number of benzene rings is 2. The summed E-state index contributed by atoms with van der Waals surface area (Å²) in [6.45, 7) is 0.345. The normalized spacial score (nSPS) is 10.9. The van der Waals surface area contributed by atoms with Crippen molar-refractivity contribution in [3.05, 3.63) is 88.9 Å². The molecule has 2 aromatic carbocycles. The highest BCUT2D eigenvalue weighted by Crippen LogP contribution is 2.22. The molecule has 0 unspecified atom stereocenters. The van der Waals surface area contributed by atoms with Crippen LogP contribution in [0.2, 0.25) is 0 Å². The van der Waals surface area contributed by atoms with Crippen molar-refractivity contribution >= 4 is 5.65 Å². The molecular formula is C18H13FN4O2. The minimum absolute atomic E-state index is 0.179. The monoisotopic (exact) mass is 336 g/mol. The van der Waals surface area contributed by atoms with E-state index >= 15 is 0 Å². The van der Waals surface area contributed by atoms with Gasteiger partial charge in [-0.05, 0) is 29.8 Å². The molecular weight excluding hydrogens is 323 g/mol. The van der Waals surface area contributed by atoms with Gasteiger partial charge in [0.1, 0.15) is 11.6 Å². The molecule has 0 N–H and O–H groups in total. The van der Waals surface area contributed by atoms with Crippen LogP contribution in [0.4, 0.5) is 4.39 Å². The van der Waals surface area contributed by atoms with Crippen LogP contribution in [0.1, 0.15) is 5.56 Å². The van der Waals surface area contributed by atoms with Gasteiger partial charge in [0.25, 0.3) is 5.88 Å². The van der Waals surface area contributed by atoms with Crippen molar-refractivity contribution in [2.45, 2.75) is 6.54 Å². The number of aromatic nitrogens is 4. The average molecular weight is 336 g/mol. The van der Waals surface area contributed by atoms with Crippen LogP contribution in [0.5, 0.6) is 11.6 Å². The maximum absolute atomic E-state index is 13.0. The Kier molecular flexibility index (Phi) is 3.74. The Balaban J connectivity index is 1.73. The fourth-order valence-corrected chi connectivity index (χ4v) is 2.47. The summed E-state index contributed by atoms with van der Waals surface area (Å²) in [4.78, 5) is 16.6. The molecule has 2 heterocycles. The average Bonchev–Trinajstić information content (AvgIpc) is 2.95. The van der Waals surface area contributed by atoms with E-state index in [2.05, 4.69) is 10.1 Å². The van der Waals surface area contributed by atoms with Gasteiger partial charge in [0, 0.05) is 12.4 Å². The van der Waals surface area contributed by atoms with Crippen molar-refractivity contribution in [2.75, 3.05) is 0 Å². The van der Waals surface area contributed by atoms with E-state index in [4.69, 9.17) is 4.74 Å². The minimum atomic E-state index is -0.359. The highest BCUT2D eigenvalue weighted by Gasteiger charge is 2.13. The Morgan fingerprint density at radius 1 is 1.04 bits per heavy atom. The lowest BCUT2D eigenvalue weighted by atomic mass is 10.2. The Hall–Kier alpha value is -3.48. The SMILES string of the molecule is O=c1n(Cc2ccccc2)nc2c(Oc3ccc(F)cc3)nccn12. The summed E-state index contributed by atoms with van der Waals surface area (Å²) in [5, 5.41) is 4.33. The number of fused-ring (bicyclic) bond motifs is 1. The van der Waals surface area contributed by atoms with Crippen LogP contribution in [0, 0.1) is 5.82 Å². The van der Waals surface area contributed by atoms with Crippen molar-refractivity contribution in [3.63, 3.8) is 0 Å². The quantitative estimate of drug-likeness (QED) is 0.575. The molecule has 6 nitrogen and oxygen atoms in total. The van der Waals surface area contributed by atoms with Gasteiger partial charge in [-0.1, -0.05) is 30.3 Å². The van der Waals surface area contributed by atoms with E-state index in [1.54, 1.807) is 0 Å². The summed E-state index contributed by atoms with van der Waals surface area (Å²) in [5.41, 5.74) is 0.972. The molecule has 0 saturated heterocycles. The van der Waals surface area contributed by atoms with Gasteiger partial charge >= 0.3 is 5.69 Å². The lowest BCUT2D eigenvalue weighted by molar-refractivity contribution is 0.462. The smallest absolute Gasteiger partial charge is 0.350 e. The third kappa shape index (κ3) is 2.99. The van der Waals surface area contributed by atoms with Gasteiger partial charge in [0.2, 0.25) is 5.65 Å². The van der Waals surface area contributed by atoms with Crippen molar-refractivity contribution in [1.82, 2.24) is 19.2 Å². The molecule has 0 aliphatic heterocycles. The molecule has 0 bridgehead atoms. The van der Waals surface area contributed by atoms with Crippen LogP contribution in [-0.4, -0.2) is 19.2 Å². The third-order valence-electron chi connectivity index (χ3n) is 3.67. The minimum Gasteiger partial charge on any atom is -0.436 e. The molecule has 0 amide bonds. The standard InChI is InChI=1S/C18H13FN4O2/c19-14-6-8-15(9-7-14)25-17-16-21-23(12-13-4-2-1-3-5-13)18(24)22(16)11-10-20-17/h1-11H,12H2. The predicted molar refractivity (Wildman–Crippen MR) is 89.3 cm³/mol. The van der Waals surface area contributed by atoms with Crippen LogP contribution >= 0.6 is 0 Å². The van der Waals surface area contributed by atoms with Gasteiger partial charge in [-0.25, -0.2) is 23.3 Å². The largest absolute Gasteiger partial charge is 0.436 e. The number of ether oxygens (including phenoxy) is 1. The van der Waals surface area contributed by atoms with Crippen LogP contribution in [-0.2, 0) is 6.54 Å². The van der Waals surface area contributed by atoms with Crippen LogP contribution in [0.15, 0.2) is 71.8 Å². The zero-order chi connectivity index (χ0) is 17.2. The second kappa shape index (κ2) is 6.20. The zero-order valence-electron chi connectivity index (χ0n) is 13.0. The van der Waals surface area contributed by atoms with E-state index in [1.807, 2.05) is 30.3 Å². The Labute approximate surface area is 141 Å². The second-order valence-corrected chi connectivity index (χ2v) is 5.41. The van der Waals surface area contributed by atoms with E-state index in [0.717, 1.165) is 5.56 Å². The molecule has 124 valence electrons. The summed E-state index contributed by atoms with van der Waals surface area (Å²) in [6.07, 6.45) is 2.99. The molecule has 0 aliphatic carbocycles. The van der Waals surface area contributed by atoms with Crippen LogP contribution < -0.4 is 10.4 Å². The Morgan fingerprint density at radius 2 is 1.80 bits per heavy atom. The fourth-order valence-electron chi connectivity index (χ4n) is 2.47. The van der Waals surface area contributed by atoms with E-state index in [9.17, 15) is 9.18 Å². The van der Waals surface area contributed by atoms with E-state index in [1.165, 1.54) is 45.7 Å². The summed E-state index contributed by atoms with van der Waals surface area (Å²) in [6, 6.07) is 15.1. The predicted octanol–water partition coefficient (Wildman–Crippen LogP) is 2.87. The van der Waals surface area contributed by atoms with Crippen molar-refractivity contribution < 1.29 is 9.13 Å². The first-order chi connectivity index (χ1) is 12.2. The molecule has 4 rings (SSSR count). The van der Waals surface area contributed by atoms with Gasteiger partial charge in [0.15, 0.2) is 0 Å². The molecule has 7 heteroatoms. The van der Waals surface area contributed by atoms with Gasteiger partial charge in [0.05, 0.1) is 6.54 Å². The van der Waals surface area contributed by atoms with Crippen molar-refractivity contribution in [2.24, 2.45) is 0 Å². The third-order valence-corrected chi connectivity index (χ3v) is 3.67. The highest BCUT2D eigenvalue weighted by atomic mass is 19.1. The topological polar surface area (TPSA) is 61.4 Å². The van der Waals surface area contributed by atoms with Crippen LogP contribution in [0.3, 0.4) is 0 Å². The summed E-state index contributed by atoms with van der Waals surface area (Å²) >= 11 is 0. The second-order valence-electron chi connectivity index (χ2n) is 5.41. The number of nitrogens with zero attached hydrogens (tertiary/aromatic N) is 4. The summed E-state index contributed by atoms with van der Waals surface area (Å²) in [5.74, 6) is 0.229. The van der Waals surface area contributed by atoms with E-state index in [0.29, 0.717) is 17.9 Å². The number of rotatable bonds is 4.